The Bertz CT molecular complexity index is 550. The number of hydrogen-bond donors (Lipinski definition) is 3. The highest BCUT2D eigenvalue weighted by molar-refractivity contribution is 5.79. The molecule has 1 unspecified atom stereocenters. The Morgan fingerprint density at radius 2 is 2.26 bits per heavy atom. The van der Waals surface area contributed by atoms with Gasteiger partial charge in [-0.25, -0.2) is 4.98 Å². The number of rotatable bonds is 6. The molecule has 128 valence electrons. The third-order valence-electron chi connectivity index (χ3n) is 4.30. The zero-order chi connectivity index (χ0) is 16.8. The second-order valence-electron chi connectivity index (χ2n) is 5.98. The number of aliphatic hydroxyl groups excluding tert-OH is 1. The number of piperidine rings is 1. The van der Waals surface area contributed by atoms with Crippen molar-refractivity contribution in [3.05, 3.63) is 11.3 Å². The standard InChI is InChI=1S/C16H27N5O2/c1-3-13-11(2)14(20-16(17)19-13)21-8-4-6-12(10-21)15(23)18-7-5-9-22/h12,22H,3-10H2,1-2H3,(H,18,23)(H2,17,19,20). The summed E-state index contributed by atoms with van der Waals surface area (Å²) in [5.41, 5.74) is 7.84. The molecule has 4 N–H and O–H groups in total. The van der Waals surface area contributed by atoms with Crippen molar-refractivity contribution in [2.45, 2.75) is 39.5 Å². The van der Waals surface area contributed by atoms with Crippen LogP contribution >= 0.6 is 0 Å². The van der Waals surface area contributed by atoms with E-state index in [1.807, 2.05) is 13.8 Å². The highest BCUT2D eigenvalue weighted by Crippen LogP contribution is 2.26. The zero-order valence-electron chi connectivity index (χ0n) is 14.0. The molecule has 23 heavy (non-hydrogen) atoms. The third kappa shape index (κ3) is 4.31. The predicted octanol–water partition coefficient (Wildman–Crippen LogP) is 0.645. The van der Waals surface area contributed by atoms with E-state index in [0.29, 0.717) is 19.5 Å². The van der Waals surface area contributed by atoms with Crippen LogP contribution in [0.1, 0.15) is 37.4 Å². The van der Waals surface area contributed by atoms with E-state index in [4.69, 9.17) is 10.8 Å². The number of carbonyl (C=O) groups excluding carboxylic acids is 1. The van der Waals surface area contributed by atoms with Gasteiger partial charge in [0.25, 0.3) is 0 Å². The lowest BCUT2D eigenvalue weighted by molar-refractivity contribution is -0.125. The normalized spacial score (nSPS) is 18.0. The number of aliphatic hydroxyl groups is 1. The minimum absolute atomic E-state index is 0.0527. The Morgan fingerprint density at radius 1 is 1.48 bits per heavy atom. The molecule has 1 saturated heterocycles. The van der Waals surface area contributed by atoms with Gasteiger partial charge in [-0.15, -0.1) is 0 Å². The van der Waals surface area contributed by atoms with Crippen molar-refractivity contribution < 1.29 is 9.90 Å². The van der Waals surface area contributed by atoms with Gasteiger partial charge >= 0.3 is 0 Å². The van der Waals surface area contributed by atoms with Crippen LogP contribution < -0.4 is 16.0 Å². The maximum absolute atomic E-state index is 12.2. The van der Waals surface area contributed by atoms with Gasteiger partial charge < -0.3 is 21.1 Å². The highest BCUT2D eigenvalue weighted by atomic mass is 16.3. The molecular weight excluding hydrogens is 294 g/mol. The molecular formula is C16H27N5O2. The number of aryl methyl sites for hydroxylation is 1. The van der Waals surface area contributed by atoms with Crippen molar-refractivity contribution in [1.29, 1.82) is 0 Å². The van der Waals surface area contributed by atoms with Crippen LogP contribution in [0.5, 0.6) is 0 Å². The Kier molecular flexibility index (Phi) is 6.15. The summed E-state index contributed by atoms with van der Waals surface area (Å²) in [6.45, 7) is 6.19. The quantitative estimate of drug-likeness (QED) is 0.664. The van der Waals surface area contributed by atoms with E-state index in [1.54, 1.807) is 0 Å². The molecule has 0 bridgehead atoms. The van der Waals surface area contributed by atoms with Gasteiger partial charge in [-0.2, -0.15) is 4.98 Å². The van der Waals surface area contributed by atoms with Crippen LogP contribution in [-0.2, 0) is 11.2 Å². The smallest absolute Gasteiger partial charge is 0.224 e. The molecule has 2 heterocycles. The summed E-state index contributed by atoms with van der Waals surface area (Å²) in [6, 6.07) is 0. The van der Waals surface area contributed by atoms with Crippen molar-refractivity contribution in [3.63, 3.8) is 0 Å². The lowest BCUT2D eigenvalue weighted by atomic mass is 9.96. The fourth-order valence-electron chi connectivity index (χ4n) is 3.04. The number of nitrogens with one attached hydrogen (secondary N) is 1. The average molecular weight is 321 g/mol. The first kappa shape index (κ1) is 17.5. The number of anilines is 2. The van der Waals surface area contributed by atoms with Gasteiger partial charge in [-0.05, 0) is 32.6 Å². The molecule has 1 aliphatic rings. The number of aromatic nitrogens is 2. The molecule has 0 radical (unpaired) electrons. The second kappa shape index (κ2) is 8.10. The summed E-state index contributed by atoms with van der Waals surface area (Å²) in [5, 5.41) is 11.7. The van der Waals surface area contributed by atoms with Crippen LogP contribution in [-0.4, -0.2) is 47.2 Å². The number of amides is 1. The van der Waals surface area contributed by atoms with E-state index >= 15 is 0 Å². The summed E-state index contributed by atoms with van der Waals surface area (Å²) in [7, 11) is 0. The molecule has 7 heteroatoms. The number of nitrogen functional groups attached to an aromatic ring is 1. The van der Waals surface area contributed by atoms with Crippen LogP contribution in [0.25, 0.3) is 0 Å². The summed E-state index contributed by atoms with van der Waals surface area (Å²) in [5.74, 6) is 1.14. The molecule has 0 aliphatic carbocycles. The van der Waals surface area contributed by atoms with Crippen molar-refractivity contribution in [1.82, 2.24) is 15.3 Å². The van der Waals surface area contributed by atoms with Crippen LogP contribution in [0, 0.1) is 12.8 Å². The average Bonchev–Trinajstić information content (AvgIpc) is 2.56. The number of hydrogen-bond acceptors (Lipinski definition) is 6. The van der Waals surface area contributed by atoms with Gasteiger partial charge in [0, 0.05) is 31.8 Å². The summed E-state index contributed by atoms with van der Waals surface area (Å²) >= 11 is 0. The van der Waals surface area contributed by atoms with Crippen molar-refractivity contribution in [3.8, 4) is 0 Å². The molecule has 0 aromatic carbocycles. The first-order chi connectivity index (χ1) is 11.1. The lowest BCUT2D eigenvalue weighted by Crippen LogP contribution is -2.44. The van der Waals surface area contributed by atoms with Gasteiger partial charge in [0.15, 0.2) is 0 Å². The van der Waals surface area contributed by atoms with Gasteiger partial charge in [-0.1, -0.05) is 6.92 Å². The maximum atomic E-state index is 12.2. The van der Waals surface area contributed by atoms with Gasteiger partial charge in [-0.3, -0.25) is 4.79 Å². The summed E-state index contributed by atoms with van der Waals surface area (Å²) in [4.78, 5) is 23.1. The van der Waals surface area contributed by atoms with Gasteiger partial charge in [0.1, 0.15) is 5.82 Å². The predicted molar refractivity (Wildman–Crippen MR) is 90.2 cm³/mol. The first-order valence-corrected chi connectivity index (χ1v) is 8.33. The number of nitrogens with zero attached hydrogens (tertiary/aromatic N) is 3. The van der Waals surface area contributed by atoms with E-state index in [0.717, 1.165) is 42.9 Å². The SMILES string of the molecule is CCc1nc(N)nc(N2CCCC(C(=O)NCCCO)C2)c1C. The fraction of sp³-hybridized carbons (Fsp3) is 0.688. The minimum Gasteiger partial charge on any atom is -0.396 e. The number of carbonyl (C=O) groups is 1. The summed E-state index contributed by atoms with van der Waals surface area (Å²) in [6.07, 6.45) is 3.22. The Morgan fingerprint density at radius 3 is 2.96 bits per heavy atom. The largest absolute Gasteiger partial charge is 0.396 e. The maximum Gasteiger partial charge on any atom is 0.224 e. The molecule has 7 nitrogen and oxygen atoms in total. The Balaban J connectivity index is 2.09. The first-order valence-electron chi connectivity index (χ1n) is 8.33. The van der Waals surface area contributed by atoms with Gasteiger partial charge in [0.05, 0.1) is 11.6 Å². The molecule has 1 aliphatic heterocycles. The van der Waals surface area contributed by atoms with Gasteiger partial charge in [0.2, 0.25) is 11.9 Å². The molecule has 1 amide bonds. The Labute approximate surface area is 137 Å². The molecule has 2 rings (SSSR count). The van der Waals surface area contributed by atoms with E-state index < -0.39 is 0 Å². The fourth-order valence-corrected chi connectivity index (χ4v) is 3.04. The summed E-state index contributed by atoms with van der Waals surface area (Å²) < 4.78 is 0. The molecule has 1 atom stereocenters. The van der Waals surface area contributed by atoms with Crippen LogP contribution in [0.4, 0.5) is 11.8 Å². The topological polar surface area (TPSA) is 104 Å². The van der Waals surface area contributed by atoms with E-state index in [1.165, 1.54) is 0 Å². The van der Waals surface area contributed by atoms with E-state index in [-0.39, 0.29) is 24.4 Å². The van der Waals surface area contributed by atoms with Crippen LogP contribution in [0.15, 0.2) is 0 Å². The number of nitrogens with two attached hydrogens (primary N) is 1. The second-order valence-corrected chi connectivity index (χ2v) is 5.98. The van der Waals surface area contributed by atoms with Crippen LogP contribution in [0.2, 0.25) is 0 Å². The Hall–Kier alpha value is -1.89. The zero-order valence-corrected chi connectivity index (χ0v) is 14.0. The highest BCUT2D eigenvalue weighted by Gasteiger charge is 2.27. The minimum atomic E-state index is -0.0527. The monoisotopic (exact) mass is 321 g/mol. The van der Waals surface area contributed by atoms with E-state index in [2.05, 4.69) is 20.2 Å². The molecule has 1 aromatic heterocycles. The van der Waals surface area contributed by atoms with Crippen molar-refractivity contribution in [2.24, 2.45) is 5.92 Å². The van der Waals surface area contributed by atoms with E-state index in [9.17, 15) is 4.79 Å². The third-order valence-corrected chi connectivity index (χ3v) is 4.30. The molecule has 0 saturated carbocycles. The molecule has 0 spiro atoms. The molecule has 1 fully saturated rings. The molecule has 1 aromatic rings. The van der Waals surface area contributed by atoms with Crippen molar-refractivity contribution in [2.75, 3.05) is 36.9 Å². The van der Waals surface area contributed by atoms with Crippen LogP contribution in [0.3, 0.4) is 0 Å². The van der Waals surface area contributed by atoms with Crippen molar-refractivity contribution >= 4 is 17.7 Å². The lowest BCUT2D eigenvalue weighted by Gasteiger charge is -2.34.